The largest absolute Gasteiger partial charge is 0.343 e. The first-order chi connectivity index (χ1) is 15.0. The van der Waals surface area contributed by atoms with Crippen LogP contribution in [0, 0.1) is 0 Å². The van der Waals surface area contributed by atoms with E-state index in [0.717, 1.165) is 27.6 Å². The van der Waals surface area contributed by atoms with E-state index in [1.807, 2.05) is 60.7 Å². The minimum absolute atomic E-state index is 0. The fourth-order valence-electron chi connectivity index (χ4n) is 4.07. The standard InChI is InChI=1S/C25H26ClN3O2.ClH/c1-16(27-2)24(30)28-22-14-12-18-8-4-6-10-23(18)29(25(22)31)15-20-19-9-5-3-7-17(19)11-13-21(20)26;/h3-11,13,16,22,27H,12,14-15H2,1-2H3,(H,28,30);1H. The van der Waals surface area contributed by atoms with Crippen molar-refractivity contribution in [3.63, 3.8) is 0 Å². The van der Waals surface area contributed by atoms with Gasteiger partial charge in [0.1, 0.15) is 6.04 Å². The van der Waals surface area contributed by atoms with Gasteiger partial charge in [-0.25, -0.2) is 0 Å². The van der Waals surface area contributed by atoms with Gasteiger partial charge in [0, 0.05) is 10.7 Å². The molecule has 2 amide bonds. The SMILES string of the molecule is CNC(C)C(=O)NC1CCc2ccccc2N(Cc2c(Cl)ccc3ccccc23)C1=O.Cl. The number of amides is 2. The van der Waals surface area contributed by atoms with Crippen molar-refractivity contribution in [1.29, 1.82) is 0 Å². The Kier molecular flexibility index (Phi) is 7.77. The second-order valence-electron chi connectivity index (χ2n) is 7.91. The highest BCUT2D eigenvalue weighted by molar-refractivity contribution is 6.32. The smallest absolute Gasteiger partial charge is 0.249 e. The Morgan fingerprint density at radius 2 is 1.84 bits per heavy atom. The third kappa shape index (κ3) is 4.75. The topological polar surface area (TPSA) is 61.4 Å². The lowest BCUT2D eigenvalue weighted by molar-refractivity contribution is -0.128. The second-order valence-corrected chi connectivity index (χ2v) is 8.32. The van der Waals surface area contributed by atoms with Gasteiger partial charge in [-0.3, -0.25) is 9.59 Å². The molecule has 2 unspecified atom stereocenters. The van der Waals surface area contributed by atoms with Crippen molar-refractivity contribution < 1.29 is 9.59 Å². The maximum absolute atomic E-state index is 13.7. The van der Waals surface area contributed by atoms with Crippen molar-refractivity contribution in [2.75, 3.05) is 11.9 Å². The monoisotopic (exact) mass is 471 g/mol. The molecule has 2 atom stereocenters. The predicted octanol–water partition coefficient (Wildman–Crippen LogP) is 4.49. The highest BCUT2D eigenvalue weighted by Gasteiger charge is 2.32. The zero-order valence-electron chi connectivity index (χ0n) is 18.1. The summed E-state index contributed by atoms with van der Waals surface area (Å²) in [6.07, 6.45) is 1.26. The van der Waals surface area contributed by atoms with Crippen LogP contribution in [0.25, 0.3) is 10.8 Å². The summed E-state index contributed by atoms with van der Waals surface area (Å²) in [5.41, 5.74) is 2.86. The Morgan fingerprint density at radius 1 is 1.12 bits per heavy atom. The van der Waals surface area contributed by atoms with E-state index < -0.39 is 6.04 Å². The zero-order chi connectivity index (χ0) is 22.0. The van der Waals surface area contributed by atoms with E-state index >= 15 is 0 Å². The van der Waals surface area contributed by atoms with Gasteiger partial charge in [-0.2, -0.15) is 0 Å². The van der Waals surface area contributed by atoms with E-state index in [-0.39, 0.29) is 30.3 Å². The average Bonchev–Trinajstić information content (AvgIpc) is 2.92. The number of carbonyl (C=O) groups excluding carboxylic acids is 2. The Bertz CT molecular complexity index is 1140. The summed E-state index contributed by atoms with van der Waals surface area (Å²) in [4.78, 5) is 27.9. The molecule has 0 spiro atoms. The van der Waals surface area contributed by atoms with Crippen molar-refractivity contribution in [1.82, 2.24) is 10.6 Å². The van der Waals surface area contributed by atoms with Crippen LogP contribution in [-0.2, 0) is 22.6 Å². The van der Waals surface area contributed by atoms with Gasteiger partial charge in [-0.1, -0.05) is 60.1 Å². The molecule has 7 heteroatoms. The summed E-state index contributed by atoms with van der Waals surface area (Å²) >= 11 is 6.60. The van der Waals surface area contributed by atoms with Crippen molar-refractivity contribution in [2.24, 2.45) is 0 Å². The van der Waals surface area contributed by atoms with Gasteiger partial charge in [0.25, 0.3) is 0 Å². The van der Waals surface area contributed by atoms with E-state index in [0.29, 0.717) is 24.4 Å². The number of nitrogens with one attached hydrogen (secondary N) is 2. The van der Waals surface area contributed by atoms with Crippen LogP contribution in [0.2, 0.25) is 5.02 Å². The summed E-state index contributed by atoms with van der Waals surface area (Å²) in [5.74, 6) is -0.305. The Labute approximate surface area is 199 Å². The lowest BCUT2D eigenvalue weighted by Crippen LogP contribution is -2.52. The number of fused-ring (bicyclic) bond motifs is 2. The van der Waals surface area contributed by atoms with Crippen molar-refractivity contribution in [3.8, 4) is 0 Å². The van der Waals surface area contributed by atoms with E-state index in [4.69, 9.17) is 11.6 Å². The van der Waals surface area contributed by atoms with Gasteiger partial charge in [0.15, 0.2) is 0 Å². The van der Waals surface area contributed by atoms with Gasteiger partial charge in [0.2, 0.25) is 11.8 Å². The molecule has 4 rings (SSSR count). The molecule has 0 saturated carbocycles. The van der Waals surface area contributed by atoms with Crippen LogP contribution < -0.4 is 15.5 Å². The number of anilines is 1. The lowest BCUT2D eigenvalue weighted by Gasteiger charge is -2.28. The number of para-hydroxylation sites is 1. The summed E-state index contributed by atoms with van der Waals surface area (Å²) in [6.45, 7) is 2.11. The molecule has 2 N–H and O–H groups in total. The molecule has 5 nitrogen and oxygen atoms in total. The molecule has 0 saturated heterocycles. The predicted molar refractivity (Wildman–Crippen MR) is 133 cm³/mol. The summed E-state index contributed by atoms with van der Waals surface area (Å²) in [6, 6.07) is 18.8. The van der Waals surface area contributed by atoms with Crippen LogP contribution >= 0.6 is 24.0 Å². The van der Waals surface area contributed by atoms with E-state index in [2.05, 4.69) is 10.6 Å². The molecule has 168 valence electrons. The molecule has 0 bridgehead atoms. The van der Waals surface area contributed by atoms with Gasteiger partial charge in [0.05, 0.1) is 12.6 Å². The van der Waals surface area contributed by atoms with E-state index in [1.54, 1.807) is 18.9 Å². The summed E-state index contributed by atoms with van der Waals surface area (Å²) < 4.78 is 0. The number of hydrogen-bond donors (Lipinski definition) is 2. The fourth-order valence-corrected chi connectivity index (χ4v) is 4.29. The minimum atomic E-state index is -0.593. The van der Waals surface area contributed by atoms with Gasteiger partial charge in [-0.05, 0) is 60.8 Å². The molecule has 0 radical (unpaired) electrons. The van der Waals surface area contributed by atoms with Gasteiger partial charge in [-0.15, -0.1) is 12.4 Å². The van der Waals surface area contributed by atoms with Crippen LogP contribution in [0.5, 0.6) is 0 Å². The maximum atomic E-state index is 13.7. The third-order valence-corrected chi connectivity index (χ3v) is 6.35. The minimum Gasteiger partial charge on any atom is -0.343 e. The molecular weight excluding hydrogens is 445 g/mol. The Morgan fingerprint density at radius 3 is 2.62 bits per heavy atom. The highest BCUT2D eigenvalue weighted by Crippen LogP contribution is 2.33. The molecule has 32 heavy (non-hydrogen) atoms. The van der Waals surface area contributed by atoms with Crippen molar-refractivity contribution in [2.45, 2.75) is 38.4 Å². The Balaban J connectivity index is 0.00000289. The molecule has 0 aliphatic carbocycles. The van der Waals surface area contributed by atoms with Crippen molar-refractivity contribution >= 4 is 52.3 Å². The average molecular weight is 472 g/mol. The van der Waals surface area contributed by atoms with Gasteiger partial charge < -0.3 is 15.5 Å². The highest BCUT2D eigenvalue weighted by atomic mass is 35.5. The summed E-state index contributed by atoms with van der Waals surface area (Å²) in [7, 11) is 1.73. The molecule has 3 aromatic carbocycles. The Hall–Kier alpha value is -2.60. The van der Waals surface area contributed by atoms with Crippen LogP contribution in [0.3, 0.4) is 0 Å². The van der Waals surface area contributed by atoms with Gasteiger partial charge >= 0.3 is 0 Å². The number of halogens is 2. The first-order valence-corrected chi connectivity index (χ1v) is 10.9. The lowest BCUT2D eigenvalue weighted by atomic mass is 10.0. The molecule has 0 aromatic heterocycles. The molecule has 1 aliphatic heterocycles. The number of carbonyl (C=O) groups is 2. The third-order valence-electron chi connectivity index (χ3n) is 5.99. The number of rotatable bonds is 5. The molecular formula is C25H27Cl2N3O2. The first kappa shape index (κ1) is 24.1. The second kappa shape index (κ2) is 10.3. The molecule has 1 aliphatic rings. The van der Waals surface area contributed by atoms with Crippen molar-refractivity contribution in [3.05, 3.63) is 76.8 Å². The number of aryl methyl sites for hydroxylation is 1. The van der Waals surface area contributed by atoms with Crippen LogP contribution in [0.4, 0.5) is 5.69 Å². The van der Waals surface area contributed by atoms with E-state index in [9.17, 15) is 9.59 Å². The normalized spacial score (nSPS) is 16.7. The quantitative estimate of drug-likeness (QED) is 0.576. The number of benzene rings is 3. The summed E-state index contributed by atoms with van der Waals surface area (Å²) in [5, 5.41) is 8.58. The number of nitrogens with zero attached hydrogens (tertiary/aromatic N) is 1. The van der Waals surface area contributed by atoms with Crippen LogP contribution in [-0.4, -0.2) is 30.9 Å². The molecule has 3 aromatic rings. The number of hydrogen-bond acceptors (Lipinski definition) is 3. The fraction of sp³-hybridized carbons (Fsp3) is 0.280. The zero-order valence-corrected chi connectivity index (χ0v) is 19.7. The van der Waals surface area contributed by atoms with E-state index in [1.165, 1.54) is 0 Å². The van der Waals surface area contributed by atoms with Crippen LogP contribution in [0.1, 0.15) is 24.5 Å². The first-order valence-electron chi connectivity index (χ1n) is 10.5. The maximum Gasteiger partial charge on any atom is 0.249 e. The molecule has 0 fully saturated rings. The number of likely N-dealkylation sites (N-methyl/N-ethyl adjacent to an activating group) is 1. The molecule has 1 heterocycles. The van der Waals surface area contributed by atoms with Crippen LogP contribution in [0.15, 0.2) is 60.7 Å².